The Bertz CT molecular complexity index is 1170. The molecule has 0 spiro atoms. The number of carbonyl (C=O) groups is 1. The number of aromatic nitrogens is 4. The zero-order valence-electron chi connectivity index (χ0n) is 16.3. The highest BCUT2D eigenvalue weighted by atomic mass is 19.1. The van der Waals surface area contributed by atoms with Crippen LogP contribution < -0.4 is 5.32 Å². The van der Waals surface area contributed by atoms with Crippen LogP contribution in [0.2, 0.25) is 0 Å². The van der Waals surface area contributed by atoms with Gasteiger partial charge in [0.2, 0.25) is 11.7 Å². The normalized spacial score (nSPS) is 11.7. The molecule has 0 atom stereocenters. The van der Waals surface area contributed by atoms with Crippen molar-refractivity contribution in [3.63, 3.8) is 0 Å². The van der Waals surface area contributed by atoms with E-state index < -0.39 is 0 Å². The van der Waals surface area contributed by atoms with E-state index in [-0.39, 0.29) is 29.6 Å². The number of halogens is 1. The lowest BCUT2D eigenvalue weighted by Gasteiger charge is -2.16. The molecule has 0 aliphatic heterocycles. The Kier molecular flexibility index (Phi) is 4.62. The van der Waals surface area contributed by atoms with Gasteiger partial charge in [0, 0.05) is 17.2 Å². The number of hydrogen-bond acceptors (Lipinski definition) is 5. The molecule has 1 amide bonds. The van der Waals surface area contributed by atoms with Gasteiger partial charge in [-0.2, -0.15) is 4.98 Å². The third-order valence-corrected chi connectivity index (χ3v) is 4.40. The van der Waals surface area contributed by atoms with E-state index in [0.29, 0.717) is 17.1 Å². The van der Waals surface area contributed by atoms with Gasteiger partial charge in [0.05, 0.1) is 12.1 Å². The van der Waals surface area contributed by atoms with Crippen LogP contribution in [0.15, 0.2) is 53.2 Å². The number of fused-ring (bicyclic) bond motifs is 1. The summed E-state index contributed by atoms with van der Waals surface area (Å²) in [5, 5.41) is 6.65. The average Bonchev–Trinajstić information content (AvgIpc) is 3.31. The first-order chi connectivity index (χ1) is 13.8. The van der Waals surface area contributed by atoms with E-state index in [0.717, 1.165) is 11.3 Å². The number of amides is 1. The summed E-state index contributed by atoms with van der Waals surface area (Å²) < 4.78 is 20.2. The Morgan fingerprint density at radius 1 is 1.14 bits per heavy atom. The number of pyridine rings is 1. The molecule has 0 saturated carbocycles. The van der Waals surface area contributed by atoms with Crippen LogP contribution in [0.1, 0.15) is 43.0 Å². The molecular weight excluding hydrogens is 373 g/mol. The minimum atomic E-state index is -0.341. The van der Waals surface area contributed by atoms with Crippen LogP contribution in [0.25, 0.3) is 16.9 Å². The van der Waals surface area contributed by atoms with Crippen molar-refractivity contribution in [3.05, 3.63) is 71.9 Å². The van der Waals surface area contributed by atoms with E-state index in [1.54, 1.807) is 12.1 Å². The summed E-state index contributed by atoms with van der Waals surface area (Å²) in [5.41, 5.74) is 1.48. The molecule has 1 N–H and O–H groups in total. The van der Waals surface area contributed by atoms with Crippen molar-refractivity contribution in [2.24, 2.45) is 0 Å². The van der Waals surface area contributed by atoms with Gasteiger partial charge in [-0.15, -0.1) is 0 Å². The SMILES string of the molecule is CC(C)(C)c1nc(C(=O)NCc2nc(-c3ccc(F)cc3)no2)c2ccccn12. The van der Waals surface area contributed by atoms with E-state index in [4.69, 9.17) is 4.52 Å². The topological polar surface area (TPSA) is 85.3 Å². The third-order valence-electron chi connectivity index (χ3n) is 4.40. The van der Waals surface area contributed by atoms with Crippen molar-refractivity contribution in [2.45, 2.75) is 32.7 Å². The van der Waals surface area contributed by atoms with Crippen molar-refractivity contribution < 1.29 is 13.7 Å². The van der Waals surface area contributed by atoms with E-state index in [1.165, 1.54) is 12.1 Å². The predicted octanol–water partition coefficient (Wildman–Crippen LogP) is 3.75. The number of carbonyl (C=O) groups excluding carboxylic acids is 1. The molecule has 3 aromatic heterocycles. The lowest BCUT2D eigenvalue weighted by atomic mass is 9.96. The van der Waals surface area contributed by atoms with Crippen LogP contribution in [0.3, 0.4) is 0 Å². The third kappa shape index (κ3) is 3.73. The van der Waals surface area contributed by atoms with Gasteiger partial charge in [-0.1, -0.05) is 32.0 Å². The molecule has 0 fully saturated rings. The number of rotatable bonds is 4. The van der Waals surface area contributed by atoms with Crippen LogP contribution in [-0.2, 0) is 12.0 Å². The molecule has 3 heterocycles. The van der Waals surface area contributed by atoms with Crippen LogP contribution in [0.5, 0.6) is 0 Å². The molecule has 7 nitrogen and oxygen atoms in total. The molecular formula is C21H20FN5O2. The second-order valence-corrected chi connectivity index (χ2v) is 7.69. The fourth-order valence-corrected chi connectivity index (χ4v) is 3.02. The first-order valence-electron chi connectivity index (χ1n) is 9.17. The van der Waals surface area contributed by atoms with Gasteiger partial charge >= 0.3 is 0 Å². The Labute approximate surface area is 166 Å². The van der Waals surface area contributed by atoms with Crippen molar-refractivity contribution in [1.82, 2.24) is 24.8 Å². The molecule has 0 bridgehead atoms. The van der Waals surface area contributed by atoms with Gasteiger partial charge in [-0.05, 0) is 36.4 Å². The molecule has 0 radical (unpaired) electrons. The summed E-state index contributed by atoms with van der Waals surface area (Å²) in [6.45, 7) is 6.20. The van der Waals surface area contributed by atoms with Crippen molar-refractivity contribution >= 4 is 11.4 Å². The molecule has 8 heteroatoms. The standard InChI is InChI=1S/C21H20FN5O2/c1-21(2,3)20-25-17(15-6-4-5-11-27(15)20)19(28)23-12-16-24-18(26-29-16)13-7-9-14(22)10-8-13/h4-11H,12H2,1-3H3,(H,23,28). The van der Waals surface area contributed by atoms with Crippen molar-refractivity contribution in [1.29, 1.82) is 0 Å². The second-order valence-electron chi connectivity index (χ2n) is 7.69. The summed E-state index contributed by atoms with van der Waals surface area (Å²) in [6.07, 6.45) is 1.90. The van der Waals surface area contributed by atoms with Gasteiger partial charge in [-0.25, -0.2) is 9.37 Å². The maximum absolute atomic E-state index is 13.0. The molecule has 1 aromatic carbocycles. The van der Waals surface area contributed by atoms with Crippen LogP contribution in [0.4, 0.5) is 4.39 Å². The molecule has 0 aliphatic rings. The van der Waals surface area contributed by atoms with Gasteiger partial charge in [0.15, 0.2) is 5.69 Å². The number of imidazole rings is 1. The lowest BCUT2D eigenvalue weighted by Crippen LogP contribution is -2.24. The van der Waals surface area contributed by atoms with Crippen molar-refractivity contribution in [2.75, 3.05) is 0 Å². The quantitative estimate of drug-likeness (QED) is 0.571. The lowest BCUT2D eigenvalue weighted by molar-refractivity contribution is 0.0943. The maximum atomic E-state index is 13.0. The number of benzene rings is 1. The molecule has 0 unspecified atom stereocenters. The first-order valence-corrected chi connectivity index (χ1v) is 9.17. The average molecular weight is 393 g/mol. The summed E-state index contributed by atoms with van der Waals surface area (Å²) >= 11 is 0. The number of hydrogen-bond donors (Lipinski definition) is 1. The Morgan fingerprint density at radius 3 is 2.62 bits per heavy atom. The molecule has 0 saturated heterocycles. The summed E-state index contributed by atoms with van der Waals surface area (Å²) in [6, 6.07) is 11.4. The zero-order valence-corrected chi connectivity index (χ0v) is 16.3. The van der Waals surface area contributed by atoms with E-state index >= 15 is 0 Å². The highest BCUT2D eigenvalue weighted by Crippen LogP contribution is 2.24. The molecule has 148 valence electrons. The Balaban J connectivity index is 1.53. The minimum absolute atomic E-state index is 0.0593. The number of nitrogens with zero attached hydrogens (tertiary/aromatic N) is 4. The van der Waals surface area contributed by atoms with E-state index in [9.17, 15) is 9.18 Å². The molecule has 0 aliphatic carbocycles. The fraction of sp³-hybridized carbons (Fsp3) is 0.238. The van der Waals surface area contributed by atoms with E-state index in [2.05, 4.69) is 20.4 Å². The van der Waals surface area contributed by atoms with Gasteiger partial charge < -0.3 is 14.2 Å². The zero-order chi connectivity index (χ0) is 20.6. The molecule has 4 aromatic rings. The Morgan fingerprint density at radius 2 is 1.90 bits per heavy atom. The van der Waals surface area contributed by atoms with Crippen molar-refractivity contribution in [3.8, 4) is 11.4 Å². The summed E-state index contributed by atoms with van der Waals surface area (Å²) in [7, 11) is 0. The highest BCUT2D eigenvalue weighted by molar-refractivity contribution is 5.99. The Hall–Kier alpha value is -3.55. The monoisotopic (exact) mass is 393 g/mol. The van der Waals surface area contributed by atoms with Crippen LogP contribution >= 0.6 is 0 Å². The number of nitrogens with one attached hydrogen (secondary N) is 1. The predicted molar refractivity (Wildman–Crippen MR) is 105 cm³/mol. The van der Waals surface area contributed by atoms with E-state index in [1.807, 2.05) is 49.6 Å². The molecule has 29 heavy (non-hydrogen) atoms. The molecule has 4 rings (SSSR count). The summed E-state index contributed by atoms with van der Waals surface area (Å²) in [4.78, 5) is 21.6. The smallest absolute Gasteiger partial charge is 0.272 e. The van der Waals surface area contributed by atoms with Crippen LogP contribution in [0, 0.1) is 5.82 Å². The highest BCUT2D eigenvalue weighted by Gasteiger charge is 2.25. The van der Waals surface area contributed by atoms with Gasteiger partial charge in [0.25, 0.3) is 5.91 Å². The second kappa shape index (κ2) is 7.12. The minimum Gasteiger partial charge on any atom is -0.342 e. The first kappa shape index (κ1) is 18.8. The fourth-order valence-electron chi connectivity index (χ4n) is 3.02. The van der Waals surface area contributed by atoms with Crippen LogP contribution in [-0.4, -0.2) is 25.4 Å². The largest absolute Gasteiger partial charge is 0.342 e. The van der Waals surface area contributed by atoms with Gasteiger partial charge in [0.1, 0.15) is 11.6 Å². The summed E-state index contributed by atoms with van der Waals surface area (Å²) in [5.74, 6) is 0.709. The van der Waals surface area contributed by atoms with Gasteiger partial charge in [-0.3, -0.25) is 4.79 Å². The maximum Gasteiger partial charge on any atom is 0.272 e.